The maximum Gasteiger partial charge on any atom is 0.249 e. The fraction of sp³-hybridized carbons (Fsp3) is 0.222. The molecule has 3 aromatic heterocycles. The molecule has 0 saturated carbocycles. The molecule has 1 unspecified atom stereocenters. The lowest BCUT2D eigenvalue weighted by Crippen LogP contribution is -2.27. The van der Waals surface area contributed by atoms with Gasteiger partial charge in [-0.25, -0.2) is 4.98 Å². The lowest BCUT2D eigenvalue weighted by atomic mass is 9.97. The summed E-state index contributed by atoms with van der Waals surface area (Å²) in [5, 5.41) is 11.2. The van der Waals surface area contributed by atoms with Gasteiger partial charge in [-0.3, -0.25) is 4.79 Å². The average molecular weight is 372 g/mol. The molecule has 1 amide bonds. The predicted molar refractivity (Wildman–Crippen MR) is 100 cm³/mol. The number of rotatable bonds is 7. The molecule has 0 bridgehead atoms. The van der Waals surface area contributed by atoms with Crippen LogP contribution in [0.4, 0.5) is 0 Å². The number of alkyl halides is 1. The Labute approximate surface area is 155 Å². The minimum absolute atomic E-state index is 0.329. The second-order valence-electron chi connectivity index (χ2n) is 5.58. The van der Waals surface area contributed by atoms with Crippen LogP contribution in [0, 0.1) is 0 Å². The molecule has 3 rings (SSSR count). The van der Waals surface area contributed by atoms with Gasteiger partial charge in [0.15, 0.2) is 0 Å². The standard InChI is InChI=1S/C18H18ClN5O2/c1-3-5-11(8-14(19)23-15(25)4-2)12-6-7-20-17-16(12)13(9-21-17)18-24-22-10-26-18/h4,6-10,14H,2-3,5H2,1H3,(H,20,21)(H,23,25)/b11-8-. The topological polar surface area (TPSA) is 96.7 Å². The third kappa shape index (κ3) is 3.67. The summed E-state index contributed by atoms with van der Waals surface area (Å²) in [5.74, 6) is 0.0777. The molecule has 0 saturated heterocycles. The highest BCUT2D eigenvalue weighted by Gasteiger charge is 2.17. The van der Waals surface area contributed by atoms with Crippen LogP contribution in [0.15, 0.2) is 48.0 Å². The smallest absolute Gasteiger partial charge is 0.249 e. The van der Waals surface area contributed by atoms with Crippen LogP contribution in [0.5, 0.6) is 0 Å². The second kappa shape index (κ2) is 7.97. The Hall–Kier alpha value is -2.93. The fourth-order valence-corrected chi connectivity index (χ4v) is 3.03. The van der Waals surface area contributed by atoms with Gasteiger partial charge in [0.25, 0.3) is 0 Å². The number of amides is 1. The number of H-pyrrole nitrogens is 1. The molecule has 7 nitrogen and oxygen atoms in total. The maximum absolute atomic E-state index is 11.5. The number of allylic oxidation sites excluding steroid dienone is 1. The van der Waals surface area contributed by atoms with E-state index in [9.17, 15) is 4.79 Å². The van der Waals surface area contributed by atoms with Crippen molar-refractivity contribution in [2.75, 3.05) is 0 Å². The third-order valence-corrected chi connectivity index (χ3v) is 4.08. The summed E-state index contributed by atoms with van der Waals surface area (Å²) < 4.78 is 5.35. The number of aromatic nitrogens is 4. The quantitative estimate of drug-likeness (QED) is 0.375. The van der Waals surface area contributed by atoms with Gasteiger partial charge in [-0.1, -0.05) is 31.5 Å². The number of nitrogens with one attached hydrogen (secondary N) is 2. The van der Waals surface area contributed by atoms with E-state index in [1.165, 1.54) is 12.5 Å². The van der Waals surface area contributed by atoms with Gasteiger partial charge in [-0.2, -0.15) is 0 Å². The zero-order chi connectivity index (χ0) is 18.5. The Morgan fingerprint density at radius 2 is 2.38 bits per heavy atom. The van der Waals surface area contributed by atoms with Crippen LogP contribution in [-0.2, 0) is 4.79 Å². The summed E-state index contributed by atoms with van der Waals surface area (Å²) in [4.78, 5) is 19.0. The monoisotopic (exact) mass is 371 g/mol. The number of nitrogens with zero attached hydrogens (tertiary/aromatic N) is 3. The van der Waals surface area contributed by atoms with Crippen molar-refractivity contribution in [2.24, 2.45) is 0 Å². The first-order chi connectivity index (χ1) is 12.6. The van der Waals surface area contributed by atoms with Crippen LogP contribution < -0.4 is 5.32 Å². The first kappa shape index (κ1) is 17.9. The summed E-state index contributed by atoms with van der Waals surface area (Å²) in [6, 6.07) is 1.91. The normalized spacial score (nSPS) is 12.9. The number of fused-ring (bicyclic) bond motifs is 1. The zero-order valence-corrected chi connectivity index (χ0v) is 15.0. The van der Waals surface area contributed by atoms with Crippen LogP contribution in [0.1, 0.15) is 25.3 Å². The van der Waals surface area contributed by atoms with Crippen molar-refractivity contribution in [2.45, 2.75) is 25.3 Å². The molecule has 0 radical (unpaired) electrons. The Morgan fingerprint density at radius 3 is 3.08 bits per heavy atom. The molecule has 0 aliphatic heterocycles. The van der Waals surface area contributed by atoms with Gasteiger partial charge in [0.1, 0.15) is 11.1 Å². The highest BCUT2D eigenvalue weighted by atomic mass is 35.5. The van der Waals surface area contributed by atoms with E-state index in [2.05, 4.69) is 39.0 Å². The summed E-state index contributed by atoms with van der Waals surface area (Å²) in [5.41, 5.74) is 2.76. The number of pyridine rings is 1. The molecular formula is C18H18ClN5O2. The van der Waals surface area contributed by atoms with Crippen LogP contribution in [0.25, 0.3) is 28.1 Å². The number of carbonyl (C=O) groups excluding carboxylic acids is 1. The molecule has 0 aromatic carbocycles. The van der Waals surface area contributed by atoms with Crippen molar-refractivity contribution >= 4 is 34.1 Å². The van der Waals surface area contributed by atoms with Crippen LogP contribution >= 0.6 is 11.6 Å². The largest absolute Gasteiger partial charge is 0.423 e. The van der Waals surface area contributed by atoms with Crippen LogP contribution in [-0.4, -0.2) is 31.6 Å². The molecule has 2 N–H and O–H groups in total. The van der Waals surface area contributed by atoms with Gasteiger partial charge in [0, 0.05) is 17.8 Å². The minimum Gasteiger partial charge on any atom is -0.423 e. The van der Waals surface area contributed by atoms with E-state index in [0.717, 1.165) is 34.9 Å². The van der Waals surface area contributed by atoms with E-state index in [1.54, 1.807) is 12.4 Å². The van der Waals surface area contributed by atoms with E-state index in [4.69, 9.17) is 16.0 Å². The van der Waals surface area contributed by atoms with Gasteiger partial charge in [-0.05, 0) is 35.8 Å². The Morgan fingerprint density at radius 1 is 1.54 bits per heavy atom. The van der Waals surface area contributed by atoms with Crippen LogP contribution in [0.3, 0.4) is 0 Å². The fourth-order valence-electron chi connectivity index (χ4n) is 2.77. The van der Waals surface area contributed by atoms with E-state index >= 15 is 0 Å². The number of hydrogen-bond acceptors (Lipinski definition) is 5. The summed E-state index contributed by atoms with van der Waals surface area (Å²) >= 11 is 6.28. The van der Waals surface area contributed by atoms with E-state index in [0.29, 0.717) is 11.5 Å². The summed E-state index contributed by atoms with van der Waals surface area (Å²) in [7, 11) is 0. The Bertz CT molecular complexity index is 946. The van der Waals surface area contributed by atoms with Gasteiger partial charge in [-0.15, -0.1) is 10.2 Å². The molecule has 8 heteroatoms. The van der Waals surface area contributed by atoms with Crippen molar-refractivity contribution in [3.05, 3.63) is 49.1 Å². The number of carbonyl (C=O) groups is 1. The Kier molecular flexibility index (Phi) is 5.48. The highest BCUT2D eigenvalue weighted by Crippen LogP contribution is 2.34. The molecule has 0 spiro atoms. The van der Waals surface area contributed by atoms with Crippen molar-refractivity contribution in [3.8, 4) is 11.5 Å². The molecule has 0 fully saturated rings. The third-order valence-electron chi connectivity index (χ3n) is 3.84. The molecular weight excluding hydrogens is 354 g/mol. The molecule has 3 aromatic rings. The molecule has 0 aliphatic carbocycles. The molecule has 3 heterocycles. The molecule has 0 aliphatic rings. The number of aromatic amines is 1. The van der Waals surface area contributed by atoms with E-state index in [-0.39, 0.29) is 5.91 Å². The van der Waals surface area contributed by atoms with Crippen molar-refractivity contribution < 1.29 is 9.21 Å². The number of halogens is 1. The lowest BCUT2D eigenvalue weighted by molar-refractivity contribution is -0.116. The van der Waals surface area contributed by atoms with E-state index < -0.39 is 5.50 Å². The van der Waals surface area contributed by atoms with Gasteiger partial charge in [0.2, 0.25) is 18.2 Å². The van der Waals surface area contributed by atoms with Gasteiger partial charge < -0.3 is 14.7 Å². The van der Waals surface area contributed by atoms with E-state index in [1.807, 2.05) is 12.1 Å². The average Bonchev–Trinajstić information content (AvgIpc) is 3.30. The predicted octanol–water partition coefficient (Wildman–Crippen LogP) is 3.66. The minimum atomic E-state index is -0.656. The molecule has 1 atom stereocenters. The van der Waals surface area contributed by atoms with Crippen molar-refractivity contribution in [3.63, 3.8) is 0 Å². The first-order valence-corrected chi connectivity index (χ1v) is 8.58. The highest BCUT2D eigenvalue weighted by molar-refractivity contribution is 6.23. The molecule has 26 heavy (non-hydrogen) atoms. The summed E-state index contributed by atoms with van der Waals surface area (Å²) in [6.07, 6.45) is 9.50. The summed E-state index contributed by atoms with van der Waals surface area (Å²) in [6.45, 7) is 5.51. The lowest BCUT2D eigenvalue weighted by Gasteiger charge is -2.12. The maximum atomic E-state index is 11.5. The van der Waals surface area contributed by atoms with Gasteiger partial charge in [0.05, 0.1) is 5.56 Å². The van der Waals surface area contributed by atoms with Crippen molar-refractivity contribution in [1.82, 2.24) is 25.5 Å². The van der Waals surface area contributed by atoms with Gasteiger partial charge >= 0.3 is 0 Å². The zero-order valence-electron chi connectivity index (χ0n) is 14.2. The van der Waals surface area contributed by atoms with Crippen molar-refractivity contribution in [1.29, 1.82) is 0 Å². The Balaban J connectivity index is 2.09. The first-order valence-electron chi connectivity index (χ1n) is 8.14. The second-order valence-corrected chi connectivity index (χ2v) is 6.05. The SMILES string of the molecule is C=CC(=O)NC(Cl)/C=C(/CCC)c1ccnc2[nH]cc(-c3nnco3)c12. The number of hydrogen-bond donors (Lipinski definition) is 2. The van der Waals surface area contributed by atoms with Crippen LogP contribution in [0.2, 0.25) is 0 Å². The molecule has 134 valence electrons.